The van der Waals surface area contributed by atoms with Crippen molar-refractivity contribution >= 4 is 61.9 Å². The number of benzene rings is 2. The van der Waals surface area contributed by atoms with Crippen LogP contribution in [0.4, 0.5) is 11.4 Å². The van der Waals surface area contributed by atoms with Crippen molar-refractivity contribution in [2.75, 3.05) is 23.0 Å². The lowest BCUT2D eigenvalue weighted by Crippen LogP contribution is -2.29. The van der Waals surface area contributed by atoms with Gasteiger partial charge in [-0.05, 0) is 66.8 Å². The summed E-state index contributed by atoms with van der Waals surface area (Å²) in [6.45, 7) is 0. The lowest BCUT2D eigenvalue weighted by molar-refractivity contribution is 0.416. The maximum absolute atomic E-state index is 11.8. The first-order valence-corrected chi connectivity index (χ1v) is 14.4. The number of furan rings is 1. The van der Waals surface area contributed by atoms with Crippen molar-refractivity contribution in [2.24, 2.45) is 0 Å². The summed E-state index contributed by atoms with van der Waals surface area (Å²) >= 11 is 18.3. The Labute approximate surface area is 235 Å². The van der Waals surface area contributed by atoms with E-state index in [1.807, 2.05) is 35.2 Å². The number of rotatable bonds is 7. The summed E-state index contributed by atoms with van der Waals surface area (Å²) in [7, 11) is -2.04. The minimum Gasteiger partial charge on any atom is -0.494 e. The Morgan fingerprint density at radius 1 is 1.11 bits per heavy atom. The zero-order valence-electron chi connectivity index (χ0n) is 20.2. The van der Waals surface area contributed by atoms with Crippen LogP contribution >= 0.6 is 35.4 Å². The molecule has 2 atom stereocenters. The molecule has 1 aliphatic rings. The average molecular weight is 590 g/mol. The highest BCUT2D eigenvalue weighted by Gasteiger charge is 2.43. The summed E-state index contributed by atoms with van der Waals surface area (Å²) in [5.41, 5.74) is 2.46. The molecule has 0 amide bonds. The van der Waals surface area contributed by atoms with Crippen LogP contribution in [0.1, 0.15) is 23.5 Å². The molecule has 5 rings (SSSR count). The maximum Gasteiger partial charge on any atom is 0.229 e. The molecule has 4 aromatic rings. The van der Waals surface area contributed by atoms with E-state index in [4.69, 9.17) is 44.6 Å². The molecule has 1 fully saturated rings. The monoisotopic (exact) mass is 588 g/mol. The fourth-order valence-electron chi connectivity index (χ4n) is 4.38. The van der Waals surface area contributed by atoms with E-state index in [0.717, 1.165) is 11.9 Å². The Morgan fingerprint density at radius 3 is 2.61 bits per heavy atom. The molecule has 3 heterocycles. The van der Waals surface area contributed by atoms with Crippen LogP contribution in [-0.2, 0) is 10.0 Å². The fourth-order valence-corrected chi connectivity index (χ4v) is 5.80. The average Bonchev–Trinajstić information content (AvgIpc) is 3.48. The molecule has 0 aliphatic carbocycles. The predicted octanol–water partition coefficient (Wildman–Crippen LogP) is 6.21. The Hall–Kier alpha value is -3.31. The van der Waals surface area contributed by atoms with Crippen molar-refractivity contribution < 1.29 is 17.6 Å². The summed E-state index contributed by atoms with van der Waals surface area (Å²) in [5.74, 6) is 1.53. The Bertz CT molecular complexity index is 1610. The molecule has 12 heteroatoms. The number of ether oxygens (including phenoxy) is 1. The molecule has 2 unspecified atom stereocenters. The van der Waals surface area contributed by atoms with Gasteiger partial charge in [0.15, 0.2) is 5.11 Å². The van der Waals surface area contributed by atoms with Gasteiger partial charge in [0.2, 0.25) is 10.0 Å². The second-order valence-corrected chi connectivity index (χ2v) is 11.6. The number of pyridine rings is 1. The molecule has 0 saturated carbocycles. The first-order chi connectivity index (χ1) is 18.1. The standard InChI is InChI=1S/C26H22Cl2N4O4S2/c1-35-23-14-16(7-9-19(23)31-38(2,33)34)32-25(24(30-26(32)37)20-5-3-4-12-29-20)22-11-10-21(36-22)17-8-6-15(27)13-18(17)28/h3-14,24-25,31H,1-2H3,(H,30,37). The lowest BCUT2D eigenvalue weighted by atomic mass is 10.0. The largest absolute Gasteiger partial charge is 0.494 e. The van der Waals surface area contributed by atoms with E-state index in [9.17, 15) is 8.42 Å². The van der Waals surface area contributed by atoms with Gasteiger partial charge in [-0.3, -0.25) is 9.71 Å². The molecule has 1 aliphatic heterocycles. The summed E-state index contributed by atoms with van der Waals surface area (Å²) in [5, 5.41) is 4.80. The van der Waals surface area contributed by atoms with Crippen LogP contribution in [0, 0.1) is 0 Å². The second-order valence-electron chi connectivity index (χ2n) is 8.58. The third-order valence-corrected chi connectivity index (χ3v) is 7.42. The van der Waals surface area contributed by atoms with Crippen LogP contribution in [0.3, 0.4) is 0 Å². The van der Waals surface area contributed by atoms with Crippen LogP contribution in [-0.4, -0.2) is 31.9 Å². The molecule has 1 saturated heterocycles. The summed E-state index contributed by atoms with van der Waals surface area (Å²) < 4.78 is 37.9. The first-order valence-electron chi connectivity index (χ1n) is 11.4. The summed E-state index contributed by atoms with van der Waals surface area (Å²) in [6, 6.07) is 18.9. The van der Waals surface area contributed by atoms with Crippen molar-refractivity contribution in [1.82, 2.24) is 10.3 Å². The van der Waals surface area contributed by atoms with Gasteiger partial charge in [-0.15, -0.1) is 0 Å². The van der Waals surface area contributed by atoms with Gasteiger partial charge in [-0.1, -0.05) is 29.3 Å². The van der Waals surface area contributed by atoms with Crippen molar-refractivity contribution in [2.45, 2.75) is 12.1 Å². The highest BCUT2D eigenvalue weighted by molar-refractivity contribution is 7.92. The van der Waals surface area contributed by atoms with E-state index >= 15 is 0 Å². The second kappa shape index (κ2) is 10.5. The van der Waals surface area contributed by atoms with Gasteiger partial charge in [-0.25, -0.2) is 8.42 Å². The number of thiocarbonyl (C=S) groups is 1. The van der Waals surface area contributed by atoms with Crippen LogP contribution < -0.4 is 19.7 Å². The highest BCUT2D eigenvalue weighted by Crippen LogP contribution is 2.45. The summed E-state index contributed by atoms with van der Waals surface area (Å²) in [4.78, 5) is 6.44. The summed E-state index contributed by atoms with van der Waals surface area (Å²) in [6.07, 6.45) is 2.80. The van der Waals surface area contributed by atoms with Gasteiger partial charge in [0.05, 0.1) is 35.8 Å². The number of hydrogen-bond donors (Lipinski definition) is 2. The van der Waals surface area contributed by atoms with Gasteiger partial charge in [-0.2, -0.15) is 0 Å². The van der Waals surface area contributed by atoms with Gasteiger partial charge in [0.25, 0.3) is 0 Å². The number of aromatic nitrogens is 1. The van der Waals surface area contributed by atoms with Crippen LogP contribution in [0.2, 0.25) is 10.0 Å². The van der Waals surface area contributed by atoms with Crippen molar-refractivity contribution in [1.29, 1.82) is 0 Å². The molecule has 196 valence electrons. The minimum absolute atomic E-state index is 0.312. The zero-order valence-corrected chi connectivity index (χ0v) is 23.3. The number of halogens is 2. The van der Waals surface area contributed by atoms with Crippen molar-refractivity contribution in [3.63, 3.8) is 0 Å². The molecule has 0 radical (unpaired) electrons. The third kappa shape index (κ3) is 5.30. The van der Waals surface area contributed by atoms with Crippen LogP contribution in [0.25, 0.3) is 11.3 Å². The van der Waals surface area contributed by atoms with E-state index in [1.54, 1.807) is 42.6 Å². The molecule has 38 heavy (non-hydrogen) atoms. The fraction of sp³-hybridized carbons (Fsp3) is 0.154. The molecule has 0 spiro atoms. The quantitative estimate of drug-likeness (QED) is 0.246. The normalized spacial score (nSPS) is 17.4. The molecule has 2 aromatic carbocycles. The van der Waals surface area contributed by atoms with Gasteiger partial charge >= 0.3 is 0 Å². The number of hydrogen-bond acceptors (Lipinski definition) is 6. The van der Waals surface area contributed by atoms with Crippen LogP contribution in [0.15, 0.2) is 77.3 Å². The topological polar surface area (TPSA) is 96.7 Å². The number of nitrogens with zero attached hydrogens (tertiary/aromatic N) is 2. The number of sulfonamides is 1. The molecule has 0 bridgehead atoms. The molecule has 2 N–H and O–H groups in total. The Balaban J connectivity index is 1.60. The van der Waals surface area contributed by atoms with E-state index in [2.05, 4.69) is 15.0 Å². The highest BCUT2D eigenvalue weighted by atomic mass is 35.5. The van der Waals surface area contributed by atoms with Crippen molar-refractivity contribution in [3.05, 3.63) is 94.4 Å². The molecule has 2 aromatic heterocycles. The van der Waals surface area contributed by atoms with E-state index in [-0.39, 0.29) is 6.04 Å². The predicted molar refractivity (Wildman–Crippen MR) is 154 cm³/mol. The van der Waals surface area contributed by atoms with E-state index in [1.165, 1.54) is 7.11 Å². The SMILES string of the molecule is COc1cc(N2C(=S)NC(c3ccccn3)C2c2ccc(-c3ccc(Cl)cc3Cl)o2)ccc1NS(C)(=O)=O. The number of methoxy groups -OCH3 is 1. The van der Waals surface area contributed by atoms with E-state index < -0.39 is 16.1 Å². The van der Waals surface area contributed by atoms with Crippen LogP contribution in [0.5, 0.6) is 5.75 Å². The van der Waals surface area contributed by atoms with Gasteiger partial charge in [0.1, 0.15) is 23.3 Å². The minimum atomic E-state index is -3.50. The molecule has 8 nitrogen and oxygen atoms in total. The third-order valence-electron chi connectivity index (χ3n) is 5.97. The van der Waals surface area contributed by atoms with Gasteiger partial charge in [0, 0.05) is 28.5 Å². The zero-order chi connectivity index (χ0) is 27.0. The maximum atomic E-state index is 11.8. The lowest BCUT2D eigenvalue weighted by Gasteiger charge is -2.27. The number of anilines is 2. The smallest absolute Gasteiger partial charge is 0.229 e. The van der Waals surface area contributed by atoms with Gasteiger partial charge < -0.3 is 19.4 Å². The molecular formula is C26H22Cl2N4O4S2. The Morgan fingerprint density at radius 2 is 1.92 bits per heavy atom. The number of nitrogens with one attached hydrogen (secondary N) is 2. The first kappa shape index (κ1) is 26.3. The molecular weight excluding hydrogens is 567 g/mol. The van der Waals surface area contributed by atoms with Crippen molar-refractivity contribution in [3.8, 4) is 17.1 Å². The van der Waals surface area contributed by atoms with E-state index in [0.29, 0.717) is 49.4 Å². The Kier molecular flexibility index (Phi) is 7.23.